The number of hydrogen-bond donors (Lipinski definition) is 2. The van der Waals surface area contributed by atoms with Gasteiger partial charge in [0.05, 0.1) is 0 Å². The van der Waals surface area contributed by atoms with Gasteiger partial charge in [-0.3, -0.25) is 9.59 Å². The molecule has 1 aromatic rings. The van der Waals surface area contributed by atoms with Crippen LogP contribution in [0, 0.1) is 13.8 Å². The predicted molar refractivity (Wildman–Crippen MR) is 57.3 cm³/mol. The summed E-state index contributed by atoms with van der Waals surface area (Å²) in [5, 5.41) is 8.41. The molecule has 15 heavy (non-hydrogen) atoms. The first-order chi connectivity index (χ1) is 6.91. The highest BCUT2D eigenvalue weighted by atomic mass is 32.2. The molecule has 0 aliphatic heterocycles. The number of H-pyrrole nitrogens is 1. The second kappa shape index (κ2) is 4.48. The van der Waals surface area contributed by atoms with Crippen LogP contribution in [0.2, 0.25) is 0 Å². The maximum absolute atomic E-state index is 11.4. The zero-order valence-corrected chi connectivity index (χ0v) is 9.51. The molecule has 5 nitrogen and oxygen atoms in total. The van der Waals surface area contributed by atoms with E-state index in [9.17, 15) is 9.59 Å². The second-order valence-electron chi connectivity index (χ2n) is 3.18. The van der Waals surface area contributed by atoms with Gasteiger partial charge in [-0.15, -0.1) is 0 Å². The van der Waals surface area contributed by atoms with E-state index in [4.69, 9.17) is 5.11 Å². The Labute approximate surface area is 90.9 Å². The van der Waals surface area contributed by atoms with Gasteiger partial charge in [-0.2, -0.15) is 0 Å². The number of thioether (sulfide) groups is 1. The highest BCUT2D eigenvalue weighted by Gasteiger charge is 2.14. The summed E-state index contributed by atoms with van der Waals surface area (Å²) < 4.78 is 0. The molecule has 0 aliphatic carbocycles. The molecule has 2 N–H and O–H groups in total. The minimum atomic E-state index is -0.930. The molecule has 1 aromatic heterocycles. The Morgan fingerprint density at radius 1 is 1.53 bits per heavy atom. The molecule has 0 radical (unpaired) electrons. The number of carboxylic acid groups (broad SMARTS) is 1. The molecule has 6 heteroatoms. The number of rotatable bonds is 3. The van der Waals surface area contributed by atoms with Crippen molar-refractivity contribution >= 4 is 17.7 Å². The van der Waals surface area contributed by atoms with E-state index < -0.39 is 11.2 Å². The fourth-order valence-electron chi connectivity index (χ4n) is 0.893. The Bertz CT molecular complexity index is 441. The molecule has 0 saturated heterocycles. The van der Waals surface area contributed by atoms with Crippen LogP contribution in [-0.4, -0.2) is 26.3 Å². The Kier molecular flexibility index (Phi) is 3.52. The maximum atomic E-state index is 11.4. The van der Waals surface area contributed by atoms with Gasteiger partial charge in [-0.1, -0.05) is 11.8 Å². The molecule has 1 atom stereocenters. The smallest absolute Gasteiger partial charge is 0.316 e. The largest absolute Gasteiger partial charge is 0.480 e. The molecule has 0 fully saturated rings. The van der Waals surface area contributed by atoms with Gasteiger partial charge in [-0.05, 0) is 20.8 Å². The van der Waals surface area contributed by atoms with Crippen molar-refractivity contribution in [2.45, 2.75) is 31.2 Å². The average Bonchev–Trinajstić information content (AvgIpc) is 2.13. The lowest BCUT2D eigenvalue weighted by molar-refractivity contribution is -0.136. The van der Waals surface area contributed by atoms with Crippen molar-refractivity contribution in [2.24, 2.45) is 0 Å². The summed E-state index contributed by atoms with van der Waals surface area (Å²) in [6.07, 6.45) is 0. The van der Waals surface area contributed by atoms with Crippen molar-refractivity contribution in [1.29, 1.82) is 0 Å². The first kappa shape index (κ1) is 11.8. The Balaban J connectivity index is 2.98. The molecule has 1 unspecified atom stereocenters. The van der Waals surface area contributed by atoms with Gasteiger partial charge >= 0.3 is 5.97 Å². The van der Waals surface area contributed by atoms with Crippen molar-refractivity contribution < 1.29 is 9.90 Å². The monoisotopic (exact) mass is 228 g/mol. The number of aromatic amines is 1. The van der Waals surface area contributed by atoms with Gasteiger partial charge in [0.25, 0.3) is 5.56 Å². The third-order valence-corrected chi connectivity index (χ3v) is 2.98. The maximum Gasteiger partial charge on any atom is 0.316 e. The molecule has 0 aromatic carbocycles. The summed E-state index contributed by atoms with van der Waals surface area (Å²) in [5.41, 5.74) is 0.962. The summed E-state index contributed by atoms with van der Waals surface area (Å²) >= 11 is 1.02. The fraction of sp³-hybridized carbons (Fsp3) is 0.444. The second-order valence-corrected chi connectivity index (χ2v) is 4.51. The third kappa shape index (κ3) is 2.82. The normalized spacial score (nSPS) is 12.5. The van der Waals surface area contributed by atoms with Gasteiger partial charge in [0, 0.05) is 11.3 Å². The van der Waals surface area contributed by atoms with Crippen molar-refractivity contribution in [3.63, 3.8) is 0 Å². The number of carboxylic acids is 1. The number of nitrogens with zero attached hydrogens (tertiary/aromatic N) is 1. The van der Waals surface area contributed by atoms with E-state index in [0.717, 1.165) is 11.8 Å². The van der Waals surface area contributed by atoms with Crippen LogP contribution in [0.3, 0.4) is 0 Å². The van der Waals surface area contributed by atoms with Crippen molar-refractivity contribution in [2.75, 3.05) is 0 Å². The number of carbonyl (C=O) groups is 1. The topological polar surface area (TPSA) is 83.0 Å². The van der Waals surface area contributed by atoms with Gasteiger partial charge in [0.1, 0.15) is 5.25 Å². The molecule has 0 aliphatic rings. The van der Waals surface area contributed by atoms with Crippen molar-refractivity contribution in [3.05, 3.63) is 21.6 Å². The van der Waals surface area contributed by atoms with Crippen LogP contribution in [0.25, 0.3) is 0 Å². The van der Waals surface area contributed by atoms with Crippen LogP contribution in [0.4, 0.5) is 0 Å². The minimum absolute atomic E-state index is 0.220. The zero-order valence-electron chi connectivity index (χ0n) is 8.70. The van der Waals surface area contributed by atoms with Crippen molar-refractivity contribution in [1.82, 2.24) is 9.97 Å². The lowest BCUT2D eigenvalue weighted by Gasteiger charge is -2.06. The zero-order chi connectivity index (χ0) is 11.6. The summed E-state index contributed by atoms with van der Waals surface area (Å²) in [6, 6.07) is 0. The van der Waals surface area contributed by atoms with Crippen LogP contribution in [0.1, 0.15) is 18.2 Å². The molecular formula is C9H12N2O3S. The highest BCUT2D eigenvalue weighted by Crippen LogP contribution is 2.18. The van der Waals surface area contributed by atoms with Crippen LogP contribution in [0.5, 0.6) is 0 Å². The summed E-state index contributed by atoms with van der Waals surface area (Å²) in [7, 11) is 0. The van der Waals surface area contributed by atoms with Crippen molar-refractivity contribution in [3.8, 4) is 0 Å². The summed E-state index contributed by atoms with van der Waals surface area (Å²) in [4.78, 5) is 28.6. The molecule has 0 saturated carbocycles. The first-order valence-electron chi connectivity index (χ1n) is 4.38. The van der Waals surface area contributed by atoms with Gasteiger partial charge < -0.3 is 10.1 Å². The van der Waals surface area contributed by atoms with E-state index in [1.54, 1.807) is 20.8 Å². The molecule has 1 heterocycles. The SMILES string of the molecule is Cc1nc(SC(C)C(=O)O)[nH]c(=O)c1C. The Hall–Kier alpha value is -1.30. The number of nitrogens with one attached hydrogen (secondary N) is 1. The molecular weight excluding hydrogens is 216 g/mol. The van der Waals surface area contributed by atoms with E-state index in [2.05, 4.69) is 9.97 Å². The first-order valence-corrected chi connectivity index (χ1v) is 5.26. The van der Waals surface area contributed by atoms with E-state index in [1.807, 2.05) is 0 Å². The Morgan fingerprint density at radius 2 is 2.13 bits per heavy atom. The minimum Gasteiger partial charge on any atom is -0.480 e. The number of aliphatic carboxylic acids is 1. The van der Waals surface area contributed by atoms with Gasteiger partial charge in [-0.25, -0.2) is 4.98 Å². The number of hydrogen-bond acceptors (Lipinski definition) is 4. The lowest BCUT2D eigenvalue weighted by atomic mass is 10.3. The quantitative estimate of drug-likeness (QED) is 0.594. The number of aromatic nitrogens is 2. The van der Waals surface area contributed by atoms with Crippen LogP contribution in [0.15, 0.2) is 9.95 Å². The van der Waals surface area contributed by atoms with E-state index >= 15 is 0 Å². The molecule has 1 rings (SSSR count). The van der Waals surface area contributed by atoms with Crippen LogP contribution < -0.4 is 5.56 Å². The van der Waals surface area contributed by atoms with Crippen LogP contribution in [-0.2, 0) is 4.79 Å². The van der Waals surface area contributed by atoms with E-state index in [-0.39, 0.29) is 5.56 Å². The third-order valence-electron chi connectivity index (χ3n) is 2.01. The molecule has 0 bridgehead atoms. The molecule has 0 spiro atoms. The highest BCUT2D eigenvalue weighted by molar-refractivity contribution is 8.00. The number of aryl methyl sites for hydroxylation is 1. The Morgan fingerprint density at radius 3 is 2.60 bits per heavy atom. The summed E-state index contributed by atoms with van der Waals surface area (Å²) in [5.74, 6) is -0.930. The van der Waals surface area contributed by atoms with E-state index in [0.29, 0.717) is 16.4 Å². The fourth-order valence-corrected chi connectivity index (χ4v) is 1.67. The lowest BCUT2D eigenvalue weighted by Crippen LogP contribution is -2.17. The van der Waals surface area contributed by atoms with Gasteiger partial charge in [0.15, 0.2) is 5.16 Å². The van der Waals surface area contributed by atoms with Gasteiger partial charge in [0.2, 0.25) is 0 Å². The summed E-state index contributed by atoms with van der Waals surface area (Å²) in [6.45, 7) is 4.94. The standard InChI is InChI=1S/C9H12N2O3S/c1-4-5(2)10-9(11-7(4)12)15-6(3)8(13)14/h6H,1-3H3,(H,13,14)(H,10,11,12). The predicted octanol–water partition coefficient (Wildman–Crippen LogP) is 0.952. The average molecular weight is 228 g/mol. The molecule has 82 valence electrons. The van der Waals surface area contributed by atoms with E-state index in [1.165, 1.54) is 0 Å². The molecule has 0 amide bonds. The van der Waals surface area contributed by atoms with Crippen LogP contribution >= 0.6 is 11.8 Å².